The summed E-state index contributed by atoms with van der Waals surface area (Å²) in [7, 11) is 0. The Morgan fingerprint density at radius 1 is 1.24 bits per heavy atom. The van der Waals surface area contributed by atoms with E-state index in [1.165, 1.54) is 13.0 Å². The second-order valence-corrected chi connectivity index (χ2v) is 6.89. The SMILES string of the molecule is Cc1c(Cn2c(C=O)nc3cnc(N4CCOCC4)cc32)cccc1C(F)(F)F. The van der Waals surface area contributed by atoms with Crippen molar-refractivity contribution in [3.8, 4) is 0 Å². The number of benzene rings is 1. The molecular formula is C20H19F3N4O2. The molecule has 1 aliphatic rings. The van der Waals surface area contributed by atoms with Gasteiger partial charge in [0.1, 0.15) is 11.3 Å². The third kappa shape index (κ3) is 3.69. The lowest BCUT2D eigenvalue weighted by Gasteiger charge is -2.27. The van der Waals surface area contributed by atoms with Gasteiger partial charge in [-0.1, -0.05) is 12.1 Å². The van der Waals surface area contributed by atoms with Gasteiger partial charge < -0.3 is 14.2 Å². The molecule has 0 atom stereocenters. The van der Waals surface area contributed by atoms with Gasteiger partial charge in [0.05, 0.1) is 37.0 Å². The van der Waals surface area contributed by atoms with Crippen molar-refractivity contribution in [2.75, 3.05) is 31.2 Å². The highest BCUT2D eigenvalue weighted by Gasteiger charge is 2.33. The van der Waals surface area contributed by atoms with Gasteiger partial charge in [0.15, 0.2) is 12.1 Å². The smallest absolute Gasteiger partial charge is 0.378 e. The van der Waals surface area contributed by atoms with Gasteiger partial charge in [0, 0.05) is 19.2 Å². The molecule has 0 radical (unpaired) electrons. The van der Waals surface area contributed by atoms with E-state index in [2.05, 4.69) is 14.9 Å². The van der Waals surface area contributed by atoms with Crippen LogP contribution in [0.15, 0.2) is 30.5 Å². The molecule has 29 heavy (non-hydrogen) atoms. The van der Waals surface area contributed by atoms with Gasteiger partial charge in [-0.15, -0.1) is 0 Å². The zero-order valence-electron chi connectivity index (χ0n) is 15.7. The molecule has 0 bridgehead atoms. The molecule has 3 aromatic rings. The molecule has 6 nitrogen and oxygen atoms in total. The number of alkyl halides is 3. The predicted octanol–water partition coefficient (Wildman–Crippen LogP) is 3.46. The summed E-state index contributed by atoms with van der Waals surface area (Å²) >= 11 is 0. The molecule has 3 heterocycles. The van der Waals surface area contributed by atoms with Gasteiger partial charge in [-0.3, -0.25) is 4.79 Å². The topological polar surface area (TPSA) is 60.2 Å². The van der Waals surface area contributed by atoms with Crippen LogP contribution in [0.2, 0.25) is 0 Å². The van der Waals surface area contributed by atoms with E-state index in [9.17, 15) is 18.0 Å². The summed E-state index contributed by atoms with van der Waals surface area (Å²) in [6.45, 7) is 4.13. The lowest BCUT2D eigenvalue weighted by molar-refractivity contribution is -0.138. The number of ether oxygens (including phenoxy) is 1. The maximum absolute atomic E-state index is 13.3. The van der Waals surface area contributed by atoms with Gasteiger partial charge in [0.25, 0.3) is 0 Å². The van der Waals surface area contributed by atoms with Crippen LogP contribution >= 0.6 is 0 Å². The highest BCUT2D eigenvalue weighted by Crippen LogP contribution is 2.33. The Hall–Kier alpha value is -2.94. The van der Waals surface area contributed by atoms with Crippen LogP contribution < -0.4 is 4.90 Å². The van der Waals surface area contributed by atoms with E-state index in [1.54, 1.807) is 16.8 Å². The third-order valence-corrected chi connectivity index (χ3v) is 5.17. The highest BCUT2D eigenvalue weighted by atomic mass is 19.4. The Labute approximate surface area is 164 Å². The van der Waals surface area contributed by atoms with E-state index in [0.717, 1.165) is 11.9 Å². The molecule has 0 amide bonds. The fraction of sp³-hybridized carbons (Fsp3) is 0.350. The fourth-order valence-corrected chi connectivity index (χ4v) is 3.59. The Morgan fingerprint density at radius 3 is 2.69 bits per heavy atom. The average molecular weight is 404 g/mol. The van der Waals surface area contributed by atoms with E-state index in [1.807, 2.05) is 6.07 Å². The summed E-state index contributed by atoms with van der Waals surface area (Å²) in [6.07, 6.45) is -2.24. The van der Waals surface area contributed by atoms with E-state index >= 15 is 0 Å². The highest BCUT2D eigenvalue weighted by molar-refractivity contribution is 5.84. The number of anilines is 1. The Balaban J connectivity index is 1.77. The molecule has 0 N–H and O–H groups in total. The zero-order valence-corrected chi connectivity index (χ0v) is 15.7. The van der Waals surface area contributed by atoms with Crippen molar-refractivity contribution < 1.29 is 22.7 Å². The first kappa shape index (κ1) is 19.4. The molecule has 4 rings (SSSR count). The van der Waals surface area contributed by atoms with Crippen molar-refractivity contribution in [1.29, 1.82) is 0 Å². The van der Waals surface area contributed by atoms with E-state index in [-0.39, 0.29) is 17.9 Å². The summed E-state index contributed by atoms with van der Waals surface area (Å²) in [5, 5.41) is 0. The normalized spacial score (nSPS) is 15.1. The minimum Gasteiger partial charge on any atom is -0.378 e. The first-order valence-corrected chi connectivity index (χ1v) is 9.18. The summed E-state index contributed by atoms with van der Waals surface area (Å²) in [5.41, 5.74) is 1.12. The standard InChI is InChI=1S/C20H19F3N4O2/c1-13-14(3-2-4-15(13)20(21,22)23)11-27-17-9-18(26-5-7-29-8-6-26)24-10-16(17)25-19(27)12-28/h2-4,9-10,12H,5-8,11H2,1H3. The number of aromatic nitrogens is 3. The number of carbonyl (C=O) groups excluding carboxylic acids is 1. The van der Waals surface area contributed by atoms with Crippen molar-refractivity contribution >= 4 is 23.1 Å². The molecule has 2 aromatic heterocycles. The number of pyridine rings is 1. The molecule has 152 valence electrons. The van der Waals surface area contributed by atoms with Crippen LogP contribution in [0.1, 0.15) is 27.3 Å². The van der Waals surface area contributed by atoms with Crippen molar-refractivity contribution in [2.24, 2.45) is 0 Å². The van der Waals surface area contributed by atoms with Crippen LogP contribution in [0.3, 0.4) is 0 Å². The number of carbonyl (C=O) groups is 1. The van der Waals surface area contributed by atoms with Crippen LogP contribution in [0, 0.1) is 6.92 Å². The number of nitrogens with zero attached hydrogens (tertiary/aromatic N) is 4. The summed E-state index contributed by atoms with van der Waals surface area (Å²) in [5.74, 6) is 0.873. The van der Waals surface area contributed by atoms with Gasteiger partial charge >= 0.3 is 6.18 Å². The van der Waals surface area contributed by atoms with Gasteiger partial charge in [0.2, 0.25) is 0 Å². The lowest BCUT2D eigenvalue weighted by atomic mass is 10.0. The number of aldehydes is 1. The number of morpholine rings is 1. The summed E-state index contributed by atoms with van der Waals surface area (Å²) < 4.78 is 46.8. The molecule has 0 saturated carbocycles. The summed E-state index contributed by atoms with van der Waals surface area (Å²) in [6, 6.07) is 5.90. The summed E-state index contributed by atoms with van der Waals surface area (Å²) in [4.78, 5) is 22.3. The number of fused-ring (bicyclic) bond motifs is 1. The molecule has 0 unspecified atom stereocenters. The monoisotopic (exact) mass is 404 g/mol. The van der Waals surface area contributed by atoms with Gasteiger partial charge in [-0.25, -0.2) is 9.97 Å². The largest absolute Gasteiger partial charge is 0.416 e. The first-order valence-electron chi connectivity index (χ1n) is 9.18. The Kier molecular flexibility index (Phi) is 4.99. The number of hydrogen-bond acceptors (Lipinski definition) is 5. The van der Waals surface area contributed by atoms with Crippen LogP contribution in [-0.4, -0.2) is 47.1 Å². The number of rotatable bonds is 4. The van der Waals surface area contributed by atoms with E-state index in [0.29, 0.717) is 49.2 Å². The molecule has 0 aliphatic carbocycles. The number of hydrogen-bond donors (Lipinski definition) is 0. The molecule has 1 saturated heterocycles. The quantitative estimate of drug-likeness (QED) is 0.624. The number of halogens is 3. The Morgan fingerprint density at radius 2 is 2.00 bits per heavy atom. The minimum absolute atomic E-state index is 0.104. The minimum atomic E-state index is -4.43. The van der Waals surface area contributed by atoms with Crippen molar-refractivity contribution in [3.05, 3.63) is 53.0 Å². The maximum atomic E-state index is 13.3. The lowest BCUT2D eigenvalue weighted by Crippen LogP contribution is -2.36. The van der Waals surface area contributed by atoms with Crippen LogP contribution in [0.4, 0.5) is 19.0 Å². The maximum Gasteiger partial charge on any atom is 0.416 e. The molecule has 1 aromatic carbocycles. The molecular weight excluding hydrogens is 385 g/mol. The van der Waals surface area contributed by atoms with Gasteiger partial charge in [-0.05, 0) is 24.1 Å². The van der Waals surface area contributed by atoms with Crippen LogP contribution in [-0.2, 0) is 17.5 Å². The van der Waals surface area contributed by atoms with Gasteiger partial charge in [-0.2, -0.15) is 13.2 Å². The third-order valence-electron chi connectivity index (χ3n) is 5.17. The van der Waals surface area contributed by atoms with Crippen molar-refractivity contribution in [3.63, 3.8) is 0 Å². The second kappa shape index (κ2) is 7.47. The van der Waals surface area contributed by atoms with Crippen LogP contribution in [0.5, 0.6) is 0 Å². The fourth-order valence-electron chi connectivity index (χ4n) is 3.59. The average Bonchev–Trinajstić information content (AvgIpc) is 3.06. The van der Waals surface area contributed by atoms with Crippen molar-refractivity contribution in [1.82, 2.24) is 14.5 Å². The molecule has 9 heteroatoms. The predicted molar refractivity (Wildman–Crippen MR) is 101 cm³/mol. The van der Waals surface area contributed by atoms with Crippen molar-refractivity contribution in [2.45, 2.75) is 19.6 Å². The van der Waals surface area contributed by atoms with E-state index < -0.39 is 11.7 Å². The molecule has 1 aliphatic heterocycles. The number of imidazole rings is 1. The zero-order chi connectivity index (χ0) is 20.6. The first-order chi connectivity index (χ1) is 13.9. The van der Waals surface area contributed by atoms with Crippen LogP contribution in [0.25, 0.3) is 11.0 Å². The Bertz CT molecular complexity index is 1060. The van der Waals surface area contributed by atoms with E-state index in [4.69, 9.17) is 4.74 Å². The second-order valence-electron chi connectivity index (χ2n) is 6.89. The molecule has 1 fully saturated rings. The molecule has 0 spiro atoms.